The van der Waals surface area contributed by atoms with Gasteiger partial charge in [-0.2, -0.15) is 5.10 Å². The lowest BCUT2D eigenvalue weighted by Crippen LogP contribution is -2.43. The van der Waals surface area contributed by atoms with Gasteiger partial charge in [0.2, 0.25) is 0 Å². The highest BCUT2D eigenvalue weighted by Crippen LogP contribution is 2.18. The number of nitrogens with one attached hydrogen (secondary N) is 1. The maximum atomic E-state index is 5.88. The van der Waals surface area contributed by atoms with Crippen LogP contribution in [0.3, 0.4) is 0 Å². The lowest BCUT2D eigenvalue weighted by Gasteiger charge is -2.27. The summed E-state index contributed by atoms with van der Waals surface area (Å²) in [6.07, 6.45) is 3.98. The molecule has 5 heteroatoms. The summed E-state index contributed by atoms with van der Waals surface area (Å²) in [5.74, 6) is 0. The smallest absolute Gasteiger partial charge is 0.0758 e. The van der Waals surface area contributed by atoms with E-state index >= 15 is 0 Å². The van der Waals surface area contributed by atoms with Crippen LogP contribution in [0.15, 0.2) is 36.7 Å². The predicted octanol–water partition coefficient (Wildman–Crippen LogP) is 1.94. The number of aromatic nitrogens is 2. The van der Waals surface area contributed by atoms with Gasteiger partial charge in [-0.1, -0.05) is 11.6 Å². The molecule has 94 valence electrons. The standard InChI is InChI=1S/C13H15ClN4/c14-11-1-3-12(4-2-11)18-10-13(9-16-18)17-7-5-15-6-8-17/h1-4,9-10,15H,5-8H2. The summed E-state index contributed by atoms with van der Waals surface area (Å²) in [7, 11) is 0. The minimum Gasteiger partial charge on any atom is -0.366 e. The molecule has 1 fully saturated rings. The molecule has 0 saturated carbocycles. The second-order valence-electron chi connectivity index (χ2n) is 4.36. The minimum atomic E-state index is 0.744. The van der Waals surface area contributed by atoms with E-state index in [9.17, 15) is 0 Å². The number of hydrogen-bond acceptors (Lipinski definition) is 3. The molecule has 1 aliphatic heterocycles. The molecule has 2 heterocycles. The Bertz CT molecular complexity index is 514. The molecule has 0 atom stereocenters. The van der Waals surface area contributed by atoms with Crippen LogP contribution in [-0.4, -0.2) is 36.0 Å². The fourth-order valence-electron chi connectivity index (χ4n) is 2.13. The molecule has 2 aromatic rings. The Morgan fingerprint density at radius 2 is 1.78 bits per heavy atom. The minimum absolute atomic E-state index is 0.744. The third kappa shape index (κ3) is 2.35. The van der Waals surface area contributed by atoms with E-state index in [1.54, 1.807) is 0 Å². The molecular weight excluding hydrogens is 248 g/mol. The van der Waals surface area contributed by atoms with E-state index in [1.165, 1.54) is 5.69 Å². The average molecular weight is 263 g/mol. The van der Waals surface area contributed by atoms with E-state index in [0.29, 0.717) is 0 Å². The molecule has 0 unspecified atom stereocenters. The van der Waals surface area contributed by atoms with E-state index in [4.69, 9.17) is 11.6 Å². The van der Waals surface area contributed by atoms with E-state index in [0.717, 1.165) is 36.9 Å². The molecule has 1 N–H and O–H groups in total. The highest BCUT2D eigenvalue weighted by atomic mass is 35.5. The van der Waals surface area contributed by atoms with Gasteiger partial charge in [0.15, 0.2) is 0 Å². The van der Waals surface area contributed by atoms with Crippen LogP contribution in [0.25, 0.3) is 5.69 Å². The Kier molecular flexibility index (Phi) is 3.21. The van der Waals surface area contributed by atoms with Crippen LogP contribution in [0.4, 0.5) is 5.69 Å². The molecular formula is C13H15ClN4. The SMILES string of the molecule is Clc1ccc(-n2cc(N3CCNCC3)cn2)cc1. The van der Waals surface area contributed by atoms with E-state index < -0.39 is 0 Å². The topological polar surface area (TPSA) is 33.1 Å². The molecule has 0 aliphatic carbocycles. The lowest BCUT2D eigenvalue weighted by atomic mass is 10.3. The van der Waals surface area contributed by atoms with Crippen molar-refractivity contribution in [3.63, 3.8) is 0 Å². The Hall–Kier alpha value is -1.52. The van der Waals surface area contributed by atoms with Gasteiger partial charge in [-0.3, -0.25) is 0 Å². The first-order valence-corrected chi connectivity index (χ1v) is 6.47. The Labute approximate surface area is 111 Å². The monoisotopic (exact) mass is 262 g/mol. The van der Waals surface area contributed by atoms with Crippen LogP contribution in [0.1, 0.15) is 0 Å². The van der Waals surface area contributed by atoms with Crippen LogP contribution in [-0.2, 0) is 0 Å². The molecule has 0 spiro atoms. The van der Waals surface area contributed by atoms with Crippen molar-refractivity contribution < 1.29 is 0 Å². The molecule has 1 aromatic heterocycles. The summed E-state index contributed by atoms with van der Waals surface area (Å²) in [6, 6.07) is 7.69. The summed E-state index contributed by atoms with van der Waals surface area (Å²) >= 11 is 5.88. The maximum absolute atomic E-state index is 5.88. The normalized spacial score (nSPS) is 15.9. The third-order valence-electron chi connectivity index (χ3n) is 3.14. The quantitative estimate of drug-likeness (QED) is 0.898. The maximum Gasteiger partial charge on any atom is 0.0758 e. The largest absolute Gasteiger partial charge is 0.366 e. The van der Waals surface area contributed by atoms with Crippen LogP contribution in [0.5, 0.6) is 0 Å². The predicted molar refractivity (Wildman–Crippen MR) is 73.7 cm³/mol. The van der Waals surface area contributed by atoms with Crippen molar-refractivity contribution in [2.45, 2.75) is 0 Å². The first kappa shape index (κ1) is 11.6. The van der Waals surface area contributed by atoms with Crippen LogP contribution >= 0.6 is 11.6 Å². The highest BCUT2D eigenvalue weighted by molar-refractivity contribution is 6.30. The number of anilines is 1. The van der Waals surface area contributed by atoms with Crippen molar-refractivity contribution in [1.82, 2.24) is 15.1 Å². The average Bonchev–Trinajstić information content (AvgIpc) is 2.90. The zero-order valence-electron chi connectivity index (χ0n) is 10.0. The van der Waals surface area contributed by atoms with Crippen molar-refractivity contribution in [3.05, 3.63) is 41.7 Å². The van der Waals surface area contributed by atoms with Crippen LogP contribution in [0, 0.1) is 0 Å². The molecule has 0 amide bonds. The lowest BCUT2D eigenvalue weighted by molar-refractivity contribution is 0.589. The van der Waals surface area contributed by atoms with Crippen LogP contribution < -0.4 is 10.2 Å². The second kappa shape index (κ2) is 5.00. The van der Waals surface area contributed by atoms with Crippen molar-refractivity contribution in [2.24, 2.45) is 0 Å². The molecule has 4 nitrogen and oxygen atoms in total. The number of rotatable bonds is 2. The van der Waals surface area contributed by atoms with Gasteiger partial charge in [0.25, 0.3) is 0 Å². The van der Waals surface area contributed by atoms with Gasteiger partial charge in [-0.05, 0) is 24.3 Å². The summed E-state index contributed by atoms with van der Waals surface area (Å²) in [5, 5.41) is 8.49. The third-order valence-corrected chi connectivity index (χ3v) is 3.39. The molecule has 1 saturated heterocycles. The fraction of sp³-hybridized carbons (Fsp3) is 0.308. The Morgan fingerprint density at radius 3 is 2.50 bits per heavy atom. The number of benzene rings is 1. The number of halogens is 1. The van der Waals surface area contributed by atoms with E-state index in [2.05, 4.69) is 21.5 Å². The van der Waals surface area contributed by atoms with Crippen molar-refractivity contribution in [2.75, 3.05) is 31.1 Å². The molecule has 3 rings (SSSR count). The number of hydrogen-bond donors (Lipinski definition) is 1. The molecule has 1 aromatic carbocycles. The summed E-state index contributed by atoms with van der Waals surface area (Å²) in [6.45, 7) is 4.14. The summed E-state index contributed by atoms with van der Waals surface area (Å²) < 4.78 is 1.88. The van der Waals surface area contributed by atoms with Crippen LogP contribution in [0.2, 0.25) is 5.02 Å². The highest BCUT2D eigenvalue weighted by Gasteiger charge is 2.12. The first-order valence-electron chi connectivity index (χ1n) is 6.09. The van der Waals surface area contributed by atoms with Gasteiger partial charge in [-0.15, -0.1) is 0 Å². The van der Waals surface area contributed by atoms with Gasteiger partial charge < -0.3 is 10.2 Å². The van der Waals surface area contributed by atoms with E-state index in [1.807, 2.05) is 35.1 Å². The van der Waals surface area contributed by atoms with Crippen molar-refractivity contribution >= 4 is 17.3 Å². The van der Waals surface area contributed by atoms with Crippen molar-refractivity contribution in [1.29, 1.82) is 0 Å². The van der Waals surface area contributed by atoms with Gasteiger partial charge in [-0.25, -0.2) is 4.68 Å². The number of piperazine rings is 1. The summed E-state index contributed by atoms with van der Waals surface area (Å²) in [5.41, 5.74) is 2.20. The second-order valence-corrected chi connectivity index (χ2v) is 4.79. The molecule has 0 radical (unpaired) electrons. The number of nitrogens with zero attached hydrogens (tertiary/aromatic N) is 3. The zero-order valence-corrected chi connectivity index (χ0v) is 10.8. The van der Waals surface area contributed by atoms with Crippen molar-refractivity contribution in [3.8, 4) is 5.69 Å². The Morgan fingerprint density at radius 1 is 1.06 bits per heavy atom. The fourth-order valence-corrected chi connectivity index (χ4v) is 2.26. The molecule has 1 aliphatic rings. The zero-order chi connectivity index (χ0) is 12.4. The van der Waals surface area contributed by atoms with Gasteiger partial charge in [0.05, 0.1) is 23.8 Å². The molecule has 0 bridgehead atoms. The van der Waals surface area contributed by atoms with E-state index in [-0.39, 0.29) is 0 Å². The molecule has 18 heavy (non-hydrogen) atoms. The van der Waals surface area contributed by atoms with Gasteiger partial charge in [0.1, 0.15) is 0 Å². The summed E-state index contributed by atoms with van der Waals surface area (Å²) in [4.78, 5) is 2.34. The van der Waals surface area contributed by atoms with Gasteiger partial charge >= 0.3 is 0 Å². The Balaban J connectivity index is 1.82. The van der Waals surface area contributed by atoms with Gasteiger partial charge in [0, 0.05) is 31.2 Å². The first-order chi connectivity index (χ1) is 8.83.